The molecule has 0 bridgehead atoms. The first-order valence-electron chi connectivity index (χ1n) is 6.15. The Balaban J connectivity index is -0.0000000910. The van der Waals surface area contributed by atoms with Crippen LogP contribution in [0.25, 0.3) is 0 Å². The number of hydrogen-bond acceptors (Lipinski definition) is 2. The van der Waals surface area contributed by atoms with Crippen LogP contribution < -0.4 is 5.73 Å². The molecule has 2 heteroatoms. The summed E-state index contributed by atoms with van der Waals surface area (Å²) in [5.41, 5.74) is 5.31. The Morgan fingerprint density at radius 1 is 1.25 bits per heavy atom. The fraction of sp³-hybridized carbons (Fsp3) is 0.643. The molecule has 1 atom stereocenters. The van der Waals surface area contributed by atoms with Crippen molar-refractivity contribution in [1.29, 1.82) is 0 Å². The first-order chi connectivity index (χ1) is 7.72. The largest absolute Gasteiger partial charge is 0.322 e. The van der Waals surface area contributed by atoms with Gasteiger partial charge < -0.3 is 10.5 Å². The van der Waals surface area contributed by atoms with Crippen molar-refractivity contribution in [2.45, 2.75) is 58.9 Å². The summed E-state index contributed by atoms with van der Waals surface area (Å²) < 4.78 is 0. The highest BCUT2D eigenvalue weighted by molar-refractivity contribution is 5.56. The lowest BCUT2D eigenvalue weighted by atomic mass is 10.1. The van der Waals surface area contributed by atoms with Crippen LogP contribution >= 0.6 is 0 Å². The van der Waals surface area contributed by atoms with Gasteiger partial charge in [0.05, 0.1) is 6.04 Å². The number of hydrogen-bond donors (Lipinski definition) is 1. The Morgan fingerprint density at radius 3 is 2.00 bits per heavy atom. The van der Waals surface area contributed by atoms with Crippen LogP contribution in [0.5, 0.6) is 0 Å². The molecule has 0 aliphatic heterocycles. The van der Waals surface area contributed by atoms with Gasteiger partial charge in [0.25, 0.3) is 0 Å². The van der Waals surface area contributed by atoms with Crippen LogP contribution in [0.4, 0.5) is 0 Å². The lowest BCUT2D eigenvalue weighted by Crippen LogP contribution is -2.20. The van der Waals surface area contributed by atoms with E-state index in [4.69, 9.17) is 5.73 Å². The second-order valence-corrected chi connectivity index (χ2v) is 3.10. The number of nitrogens with two attached hydrogens (primary N) is 1. The Morgan fingerprint density at radius 2 is 1.75 bits per heavy atom. The third-order valence-corrected chi connectivity index (χ3v) is 1.61. The zero-order chi connectivity index (χ0) is 13.2. The average Bonchev–Trinajstić information content (AvgIpc) is 2.33. The van der Waals surface area contributed by atoms with Crippen molar-refractivity contribution in [3.63, 3.8) is 0 Å². The molecule has 0 aromatic carbocycles. The number of unbranched alkanes of at least 4 members (excludes halogenated alkanes) is 2. The molecule has 0 unspecified atom stereocenters. The van der Waals surface area contributed by atoms with Crippen LogP contribution in [-0.2, 0) is 4.79 Å². The van der Waals surface area contributed by atoms with Crippen molar-refractivity contribution in [1.82, 2.24) is 0 Å². The van der Waals surface area contributed by atoms with Gasteiger partial charge in [0.15, 0.2) is 0 Å². The van der Waals surface area contributed by atoms with E-state index >= 15 is 0 Å². The summed E-state index contributed by atoms with van der Waals surface area (Å²) >= 11 is 0. The van der Waals surface area contributed by atoms with Gasteiger partial charge in [-0.15, -0.1) is 13.2 Å². The van der Waals surface area contributed by atoms with Gasteiger partial charge >= 0.3 is 0 Å². The van der Waals surface area contributed by atoms with Gasteiger partial charge in [-0.3, -0.25) is 0 Å². The molecule has 0 aliphatic carbocycles. The minimum absolute atomic E-state index is 0. The fourth-order valence-electron chi connectivity index (χ4n) is 0.770. The maximum Gasteiger partial charge on any atom is 0.136 e. The van der Waals surface area contributed by atoms with Gasteiger partial charge in [0, 0.05) is 1.43 Å². The molecular formula is C14H31NO. The first kappa shape index (κ1) is 20.5. The summed E-state index contributed by atoms with van der Waals surface area (Å²) in [6.07, 6.45) is 9.60. The highest BCUT2D eigenvalue weighted by atomic mass is 16.1. The van der Waals surface area contributed by atoms with E-state index in [0.29, 0.717) is 0 Å². The van der Waals surface area contributed by atoms with Crippen LogP contribution in [0.15, 0.2) is 25.3 Å². The average molecular weight is 229 g/mol. The van der Waals surface area contributed by atoms with Crippen LogP contribution in [0.3, 0.4) is 0 Å². The number of rotatable bonds is 7. The highest BCUT2D eigenvalue weighted by Crippen LogP contribution is 1.96. The minimum Gasteiger partial charge on any atom is -0.322 e. The van der Waals surface area contributed by atoms with E-state index in [0.717, 1.165) is 32.0 Å². The number of aldehydes is 1. The predicted molar refractivity (Wildman–Crippen MR) is 76.7 cm³/mol. The summed E-state index contributed by atoms with van der Waals surface area (Å²) in [5.74, 6) is 0. The van der Waals surface area contributed by atoms with Crippen molar-refractivity contribution >= 4 is 6.29 Å². The van der Waals surface area contributed by atoms with E-state index in [1.807, 2.05) is 26.0 Å². The van der Waals surface area contributed by atoms with E-state index in [2.05, 4.69) is 20.1 Å². The van der Waals surface area contributed by atoms with Crippen LogP contribution in [-0.4, -0.2) is 12.3 Å². The molecule has 2 N–H and O–H groups in total. The molecule has 0 saturated carbocycles. The van der Waals surface area contributed by atoms with Gasteiger partial charge in [-0.05, 0) is 25.7 Å². The van der Waals surface area contributed by atoms with Gasteiger partial charge in [-0.1, -0.05) is 39.3 Å². The van der Waals surface area contributed by atoms with Crippen molar-refractivity contribution in [3.05, 3.63) is 25.3 Å². The van der Waals surface area contributed by atoms with E-state index < -0.39 is 0 Å². The molecule has 0 aromatic heterocycles. The minimum atomic E-state index is -0.273. The Hall–Kier alpha value is -0.890. The summed E-state index contributed by atoms with van der Waals surface area (Å²) in [6.45, 7) is 13.2. The summed E-state index contributed by atoms with van der Waals surface area (Å²) in [7, 11) is 0. The lowest BCUT2D eigenvalue weighted by Gasteiger charge is -1.98. The lowest BCUT2D eigenvalue weighted by molar-refractivity contribution is -0.109. The number of allylic oxidation sites excluding steroid dienone is 2. The topological polar surface area (TPSA) is 43.1 Å². The van der Waals surface area contributed by atoms with Crippen LogP contribution in [0.2, 0.25) is 0 Å². The van der Waals surface area contributed by atoms with E-state index in [1.54, 1.807) is 0 Å². The molecule has 0 aliphatic rings. The molecule has 0 amide bonds. The molecule has 0 aromatic rings. The Labute approximate surface area is 103 Å². The van der Waals surface area contributed by atoms with Crippen LogP contribution in [0, 0.1) is 0 Å². The standard InChI is InChI=1S/C7H13NO.C5H10.C2H6.H2/c1-2-3-4-5-7(8)6-9;1-3-5-4-2;1-2;/h2,6-7H,1,3-5,8H2;3H,1,4-5H2,2H3;1-2H3;1H/t7-;;;/m0.../s1. The molecule has 0 radical (unpaired) electrons. The zero-order valence-electron chi connectivity index (χ0n) is 11.2. The number of carbonyl (C=O) groups excluding carboxylic acids is 1. The third-order valence-electron chi connectivity index (χ3n) is 1.61. The van der Waals surface area contributed by atoms with E-state index in [9.17, 15) is 4.79 Å². The van der Waals surface area contributed by atoms with Gasteiger partial charge in [0.1, 0.15) is 6.29 Å². The Bertz CT molecular complexity index is 149. The summed E-state index contributed by atoms with van der Waals surface area (Å²) in [5, 5.41) is 0. The van der Waals surface area contributed by atoms with Gasteiger partial charge in [-0.25, -0.2) is 0 Å². The molecular weight excluding hydrogens is 198 g/mol. The van der Waals surface area contributed by atoms with Crippen molar-refractivity contribution in [3.8, 4) is 0 Å². The first-order valence-corrected chi connectivity index (χ1v) is 6.15. The molecule has 0 saturated heterocycles. The van der Waals surface area contributed by atoms with Crippen molar-refractivity contribution in [2.75, 3.05) is 0 Å². The normalized spacial score (nSPS) is 9.75. The second kappa shape index (κ2) is 23.7. The highest BCUT2D eigenvalue weighted by Gasteiger charge is 1.96. The smallest absolute Gasteiger partial charge is 0.136 e. The van der Waals surface area contributed by atoms with Crippen molar-refractivity contribution in [2.24, 2.45) is 5.73 Å². The van der Waals surface area contributed by atoms with Crippen LogP contribution in [0.1, 0.15) is 54.3 Å². The Kier molecular flexibility index (Phi) is 30.4. The molecule has 0 heterocycles. The second-order valence-electron chi connectivity index (χ2n) is 3.10. The molecule has 0 spiro atoms. The monoisotopic (exact) mass is 229 g/mol. The maximum atomic E-state index is 9.95. The molecule has 0 fully saturated rings. The van der Waals surface area contributed by atoms with Gasteiger partial charge in [0.2, 0.25) is 0 Å². The van der Waals surface area contributed by atoms with E-state index in [-0.39, 0.29) is 7.47 Å². The van der Waals surface area contributed by atoms with Crippen molar-refractivity contribution < 1.29 is 6.22 Å². The summed E-state index contributed by atoms with van der Waals surface area (Å²) in [4.78, 5) is 9.95. The number of carbonyl (C=O) groups is 1. The van der Waals surface area contributed by atoms with E-state index in [1.165, 1.54) is 6.42 Å². The van der Waals surface area contributed by atoms with Gasteiger partial charge in [-0.2, -0.15) is 0 Å². The fourth-order valence-corrected chi connectivity index (χ4v) is 0.770. The molecule has 98 valence electrons. The third kappa shape index (κ3) is 29.2. The molecule has 2 nitrogen and oxygen atoms in total. The molecule has 16 heavy (non-hydrogen) atoms. The maximum absolute atomic E-state index is 9.95. The quantitative estimate of drug-likeness (QED) is 0.405. The zero-order valence-corrected chi connectivity index (χ0v) is 11.2. The summed E-state index contributed by atoms with van der Waals surface area (Å²) in [6, 6.07) is -0.273. The molecule has 0 rings (SSSR count). The SMILES string of the molecule is C=CCCC.C=CCCC[C@H](N)C=O.CC.[HH]. The predicted octanol–water partition coefficient (Wildman–Crippen LogP) is 4.11.